The van der Waals surface area contributed by atoms with Gasteiger partial charge in [-0.05, 0) is 38.9 Å². The molecule has 1 rings (SSSR count). The second-order valence-electron chi connectivity index (χ2n) is 5.89. The Balaban J connectivity index is 1.97. The summed E-state index contributed by atoms with van der Waals surface area (Å²) in [6, 6.07) is 0.412. The number of unbranched alkanes of at least 4 members (excludes halogenated alkanes) is 5. The third-order valence-corrected chi connectivity index (χ3v) is 3.95. The Morgan fingerprint density at radius 2 is 1.60 bits per heavy atom. The Hall–Kier alpha value is -0.290. The van der Waals surface area contributed by atoms with Gasteiger partial charge in [0.15, 0.2) is 0 Å². The maximum atomic E-state index is 12.3. The maximum Gasteiger partial charge on any atom is 0.401 e. The number of halogens is 3. The Labute approximate surface area is 121 Å². The zero-order valence-electron chi connectivity index (χ0n) is 12.6. The lowest BCUT2D eigenvalue weighted by atomic mass is 10.0. The maximum absolute atomic E-state index is 12.3. The molecule has 0 radical (unpaired) electrons. The van der Waals surface area contributed by atoms with E-state index in [2.05, 4.69) is 12.2 Å². The van der Waals surface area contributed by atoms with Crippen LogP contribution in [-0.4, -0.2) is 43.3 Å². The van der Waals surface area contributed by atoms with Gasteiger partial charge in [0, 0.05) is 6.04 Å². The van der Waals surface area contributed by atoms with Crippen molar-refractivity contribution in [1.82, 2.24) is 10.2 Å². The largest absolute Gasteiger partial charge is 0.401 e. The van der Waals surface area contributed by atoms with Crippen LogP contribution < -0.4 is 5.32 Å². The van der Waals surface area contributed by atoms with Gasteiger partial charge in [0.25, 0.3) is 0 Å². The van der Waals surface area contributed by atoms with E-state index >= 15 is 0 Å². The first kappa shape index (κ1) is 17.8. The number of piperidine rings is 1. The molecule has 1 aliphatic heterocycles. The molecule has 0 atom stereocenters. The lowest BCUT2D eigenvalue weighted by Gasteiger charge is -2.32. The van der Waals surface area contributed by atoms with Gasteiger partial charge in [0.2, 0.25) is 0 Å². The summed E-state index contributed by atoms with van der Waals surface area (Å²) in [6.45, 7) is 3.60. The molecule has 1 fully saturated rings. The van der Waals surface area contributed by atoms with E-state index in [-0.39, 0.29) is 0 Å². The number of rotatable bonds is 9. The van der Waals surface area contributed by atoms with Crippen LogP contribution in [0.4, 0.5) is 13.2 Å². The van der Waals surface area contributed by atoms with Crippen LogP contribution in [0.2, 0.25) is 0 Å². The van der Waals surface area contributed by atoms with E-state index in [4.69, 9.17) is 0 Å². The van der Waals surface area contributed by atoms with Crippen molar-refractivity contribution in [3.63, 3.8) is 0 Å². The highest BCUT2D eigenvalue weighted by atomic mass is 19.4. The topological polar surface area (TPSA) is 15.3 Å². The van der Waals surface area contributed by atoms with E-state index in [0.29, 0.717) is 19.1 Å². The number of nitrogens with zero attached hydrogens (tertiary/aromatic N) is 1. The summed E-state index contributed by atoms with van der Waals surface area (Å²) in [7, 11) is 0. The van der Waals surface area contributed by atoms with Gasteiger partial charge >= 0.3 is 6.18 Å². The fourth-order valence-corrected chi connectivity index (χ4v) is 2.76. The Morgan fingerprint density at radius 3 is 2.20 bits per heavy atom. The minimum absolute atomic E-state index is 0.412. The number of hydrogen-bond acceptors (Lipinski definition) is 2. The standard InChI is InChI=1S/C15H29F3N2/c1-2-3-4-5-6-7-10-19-14-8-11-20(12-9-14)13-15(16,17)18/h14,19H,2-13H2,1H3. The molecule has 0 aromatic heterocycles. The Bertz CT molecular complexity index is 236. The first-order chi connectivity index (χ1) is 9.51. The third-order valence-electron chi connectivity index (χ3n) is 3.95. The highest BCUT2D eigenvalue weighted by Gasteiger charge is 2.32. The molecule has 1 saturated heterocycles. The molecule has 2 nitrogen and oxygen atoms in total. The van der Waals surface area contributed by atoms with Crippen molar-refractivity contribution in [2.45, 2.75) is 70.5 Å². The zero-order valence-corrected chi connectivity index (χ0v) is 12.6. The van der Waals surface area contributed by atoms with Gasteiger partial charge in [0.1, 0.15) is 0 Å². The van der Waals surface area contributed by atoms with E-state index in [1.807, 2.05) is 0 Å². The monoisotopic (exact) mass is 294 g/mol. The smallest absolute Gasteiger partial charge is 0.314 e. The summed E-state index contributed by atoms with van der Waals surface area (Å²) in [6.07, 6.45) is 5.30. The summed E-state index contributed by atoms with van der Waals surface area (Å²) >= 11 is 0. The molecule has 0 bridgehead atoms. The fraction of sp³-hybridized carbons (Fsp3) is 1.00. The SMILES string of the molecule is CCCCCCCCNC1CCN(CC(F)(F)F)CC1. The van der Waals surface area contributed by atoms with Crippen LogP contribution in [0.25, 0.3) is 0 Å². The average Bonchev–Trinajstić information content (AvgIpc) is 2.38. The van der Waals surface area contributed by atoms with E-state index in [0.717, 1.165) is 19.4 Å². The number of nitrogens with one attached hydrogen (secondary N) is 1. The van der Waals surface area contributed by atoms with Crippen molar-refractivity contribution < 1.29 is 13.2 Å². The molecule has 20 heavy (non-hydrogen) atoms. The van der Waals surface area contributed by atoms with Gasteiger partial charge in [-0.3, -0.25) is 4.90 Å². The highest BCUT2D eigenvalue weighted by molar-refractivity contribution is 4.78. The van der Waals surface area contributed by atoms with Crippen LogP contribution in [0.1, 0.15) is 58.3 Å². The normalized spacial score (nSPS) is 18.6. The van der Waals surface area contributed by atoms with Gasteiger partial charge in [-0.25, -0.2) is 0 Å². The van der Waals surface area contributed by atoms with Crippen LogP contribution >= 0.6 is 0 Å². The van der Waals surface area contributed by atoms with E-state index in [1.165, 1.54) is 43.4 Å². The first-order valence-corrected chi connectivity index (χ1v) is 8.04. The van der Waals surface area contributed by atoms with Gasteiger partial charge in [0.05, 0.1) is 6.54 Å². The summed E-state index contributed by atoms with van der Waals surface area (Å²) in [5.41, 5.74) is 0. The predicted octanol–water partition coefficient (Wildman–Crippen LogP) is 3.96. The van der Waals surface area contributed by atoms with E-state index in [9.17, 15) is 13.2 Å². The van der Waals surface area contributed by atoms with Gasteiger partial charge in [-0.2, -0.15) is 13.2 Å². The van der Waals surface area contributed by atoms with Gasteiger partial charge < -0.3 is 5.32 Å². The number of likely N-dealkylation sites (tertiary alicyclic amines) is 1. The molecule has 1 N–H and O–H groups in total. The molecule has 0 aromatic carbocycles. The van der Waals surface area contributed by atoms with E-state index < -0.39 is 12.7 Å². The molecule has 0 saturated carbocycles. The average molecular weight is 294 g/mol. The zero-order chi connectivity index (χ0) is 14.8. The molecule has 0 amide bonds. The van der Waals surface area contributed by atoms with Crippen LogP contribution in [0.15, 0.2) is 0 Å². The molecule has 120 valence electrons. The summed E-state index contributed by atoms with van der Waals surface area (Å²) in [5.74, 6) is 0. The lowest BCUT2D eigenvalue weighted by Crippen LogP contribution is -2.45. The quantitative estimate of drug-likeness (QED) is 0.647. The first-order valence-electron chi connectivity index (χ1n) is 8.04. The lowest BCUT2D eigenvalue weighted by molar-refractivity contribution is -0.148. The van der Waals surface area contributed by atoms with Crippen LogP contribution in [-0.2, 0) is 0 Å². The highest BCUT2D eigenvalue weighted by Crippen LogP contribution is 2.19. The molecular weight excluding hydrogens is 265 g/mol. The Morgan fingerprint density at radius 1 is 1.00 bits per heavy atom. The third kappa shape index (κ3) is 8.80. The molecule has 0 unspecified atom stereocenters. The van der Waals surface area contributed by atoms with Crippen LogP contribution in [0.5, 0.6) is 0 Å². The predicted molar refractivity (Wildman–Crippen MR) is 76.9 cm³/mol. The molecule has 0 spiro atoms. The van der Waals surface area contributed by atoms with Gasteiger partial charge in [-0.1, -0.05) is 39.0 Å². The van der Waals surface area contributed by atoms with Crippen LogP contribution in [0, 0.1) is 0 Å². The minimum atomic E-state index is -4.06. The van der Waals surface area contributed by atoms with Crippen LogP contribution in [0.3, 0.4) is 0 Å². The van der Waals surface area contributed by atoms with Gasteiger partial charge in [-0.15, -0.1) is 0 Å². The van der Waals surface area contributed by atoms with Crippen molar-refractivity contribution in [3.8, 4) is 0 Å². The molecule has 0 aromatic rings. The molecule has 1 aliphatic rings. The van der Waals surface area contributed by atoms with Crippen molar-refractivity contribution in [3.05, 3.63) is 0 Å². The minimum Gasteiger partial charge on any atom is -0.314 e. The molecule has 0 aliphatic carbocycles. The van der Waals surface area contributed by atoms with Crippen molar-refractivity contribution in [2.24, 2.45) is 0 Å². The second-order valence-corrected chi connectivity index (χ2v) is 5.89. The molecule has 5 heteroatoms. The molecular formula is C15H29F3N2. The fourth-order valence-electron chi connectivity index (χ4n) is 2.76. The summed E-state index contributed by atoms with van der Waals surface area (Å²) < 4.78 is 36.8. The number of hydrogen-bond donors (Lipinski definition) is 1. The molecule has 1 heterocycles. The number of alkyl halides is 3. The van der Waals surface area contributed by atoms with Crippen molar-refractivity contribution in [2.75, 3.05) is 26.2 Å². The van der Waals surface area contributed by atoms with Crippen molar-refractivity contribution >= 4 is 0 Å². The Kier molecular flexibility index (Phi) is 8.53. The second kappa shape index (κ2) is 9.61. The van der Waals surface area contributed by atoms with Crippen molar-refractivity contribution in [1.29, 1.82) is 0 Å². The summed E-state index contributed by atoms with van der Waals surface area (Å²) in [5, 5.41) is 3.49. The van der Waals surface area contributed by atoms with E-state index in [1.54, 1.807) is 0 Å². The summed E-state index contributed by atoms with van der Waals surface area (Å²) in [4.78, 5) is 1.52.